The van der Waals surface area contributed by atoms with Gasteiger partial charge in [0.05, 0.1) is 5.69 Å². The summed E-state index contributed by atoms with van der Waals surface area (Å²) < 4.78 is 41.6. The highest BCUT2D eigenvalue weighted by Gasteiger charge is 2.34. The van der Waals surface area contributed by atoms with Crippen LogP contribution in [0.5, 0.6) is 0 Å². The second-order valence-corrected chi connectivity index (χ2v) is 11.4. The summed E-state index contributed by atoms with van der Waals surface area (Å²) in [6.07, 6.45) is 0.303. The van der Waals surface area contributed by atoms with Gasteiger partial charge < -0.3 is 10.2 Å². The Balaban J connectivity index is 2.49. The number of hydrogen-bond acceptors (Lipinski definition) is 4. The number of amides is 2. The Bertz CT molecular complexity index is 1140. The average molecular weight is 541 g/mol. The van der Waals surface area contributed by atoms with Crippen LogP contribution in [0.1, 0.15) is 32.8 Å². The lowest BCUT2D eigenvalue weighted by molar-refractivity contribution is -0.140. The molecule has 0 aliphatic heterocycles. The van der Waals surface area contributed by atoms with E-state index in [-0.39, 0.29) is 24.1 Å². The molecule has 0 heterocycles. The number of nitrogens with one attached hydrogen (secondary N) is 1. The zero-order valence-corrected chi connectivity index (χ0v) is 22.8. The van der Waals surface area contributed by atoms with Crippen molar-refractivity contribution >= 4 is 39.3 Å². The van der Waals surface area contributed by atoms with Crippen LogP contribution in [0, 0.1) is 11.7 Å². The van der Waals surface area contributed by atoms with E-state index in [0.717, 1.165) is 20.7 Å². The van der Waals surface area contributed by atoms with Crippen LogP contribution < -0.4 is 9.62 Å². The van der Waals surface area contributed by atoms with Crippen molar-refractivity contribution < 1.29 is 22.4 Å². The second kappa shape index (κ2) is 13.0. The van der Waals surface area contributed by atoms with Crippen LogP contribution in [0.15, 0.2) is 48.5 Å². The summed E-state index contributed by atoms with van der Waals surface area (Å²) in [6, 6.07) is 10.9. The molecule has 2 aromatic rings. The minimum Gasteiger partial charge on any atom is -0.354 e. The van der Waals surface area contributed by atoms with Gasteiger partial charge in [0.2, 0.25) is 11.8 Å². The molecule has 0 saturated carbocycles. The lowest BCUT2D eigenvalue weighted by Crippen LogP contribution is -2.53. The van der Waals surface area contributed by atoms with Crippen molar-refractivity contribution in [1.29, 1.82) is 0 Å². The fourth-order valence-corrected chi connectivity index (χ4v) is 4.73. The van der Waals surface area contributed by atoms with Gasteiger partial charge in [-0.3, -0.25) is 9.59 Å². The first-order valence-corrected chi connectivity index (χ1v) is 13.4. The molecule has 2 aromatic carbocycles. The van der Waals surface area contributed by atoms with E-state index in [1.165, 1.54) is 31.1 Å². The molecular formula is C25H34ClFN4O4S. The molecule has 2 amide bonds. The zero-order valence-electron chi connectivity index (χ0n) is 21.2. The summed E-state index contributed by atoms with van der Waals surface area (Å²) in [4.78, 5) is 28.2. The van der Waals surface area contributed by atoms with Crippen LogP contribution >= 0.6 is 11.6 Å². The van der Waals surface area contributed by atoms with Crippen LogP contribution in [0.3, 0.4) is 0 Å². The van der Waals surface area contributed by atoms with Crippen molar-refractivity contribution in [2.45, 2.75) is 39.8 Å². The molecule has 8 nitrogen and oxygen atoms in total. The van der Waals surface area contributed by atoms with E-state index < -0.39 is 34.5 Å². The maximum absolute atomic E-state index is 13.7. The first kappa shape index (κ1) is 29.5. The van der Waals surface area contributed by atoms with E-state index >= 15 is 0 Å². The molecule has 198 valence electrons. The Kier molecular flexibility index (Phi) is 10.7. The molecule has 2 rings (SSSR count). The number of carbonyl (C=O) groups excluding carboxylic acids is 2. The van der Waals surface area contributed by atoms with Gasteiger partial charge in [0, 0.05) is 32.2 Å². The third-order valence-electron chi connectivity index (χ3n) is 5.50. The maximum atomic E-state index is 13.7. The van der Waals surface area contributed by atoms with Crippen molar-refractivity contribution in [2.24, 2.45) is 5.92 Å². The Morgan fingerprint density at radius 2 is 1.67 bits per heavy atom. The van der Waals surface area contributed by atoms with E-state index in [2.05, 4.69) is 5.32 Å². The predicted molar refractivity (Wildman–Crippen MR) is 140 cm³/mol. The number of carbonyl (C=O) groups is 2. The fraction of sp³-hybridized carbons (Fsp3) is 0.440. The Hall–Kier alpha value is -2.69. The number of rotatable bonds is 12. The van der Waals surface area contributed by atoms with Gasteiger partial charge in [-0.05, 0) is 48.2 Å². The molecule has 36 heavy (non-hydrogen) atoms. The molecule has 0 fully saturated rings. The minimum atomic E-state index is -4.12. The van der Waals surface area contributed by atoms with E-state index in [0.29, 0.717) is 23.6 Å². The van der Waals surface area contributed by atoms with Crippen LogP contribution in [0.25, 0.3) is 0 Å². The average Bonchev–Trinajstić information content (AvgIpc) is 2.82. The van der Waals surface area contributed by atoms with Crippen molar-refractivity contribution in [1.82, 2.24) is 14.5 Å². The lowest BCUT2D eigenvalue weighted by atomic mass is 10.1. The molecule has 0 radical (unpaired) electrons. The Morgan fingerprint density at radius 1 is 1.06 bits per heavy atom. The highest BCUT2D eigenvalue weighted by molar-refractivity contribution is 7.90. The van der Waals surface area contributed by atoms with Crippen molar-refractivity contribution in [2.75, 3.05) is 31.5 Å². The van der Waals surface area contributed by atoms with E-state index in [1.54, 1.807) is 31.2 Å². The highest BCUT2D eigenvalue weighted by Crippen LogP contribution is 2.23. The Labute approximate surface area is 218 Å². The summed E-state index contributed by atoms with van der Waals surface area (Å²) >= 11 is 6.35. The summed E-state index contributed by atoms with van der Waals surface area (Å²) in [6.45, 7) is 5.54. The molecule has 0 bridgehead atoms. The summed E-state index contributed by atoms with van der Waals surface area (Å²) in [7, 11) is -1.44. The fourth-order valence-electron chi connectivity index (χ4n) is 3.48. The molecule has 0 aliphatic carbocycles. The largest absolute Gasteiger partial charge is 0.354 e. The third-order valence-corrected chi connectivity index (χ3v) is 7.69. The monoisotopic (exact) mass is 540 g/mol. The van der Waals surface area contributed by atoms with Crippen molar-refractivity contribution in [3.05, 3.63) is 64.9 Å². The van der Waals surface area contributed by atoms with Gasteiger partial charge in [0.15, 0.2) is 0 Å². The maximum Gasteiger partial charge on any atom is 0.304 e. The standard InChI is InChI=1S/C25H34ClFN4O4S/c1-6-23(25(33)28-15-18(2)3)30(16-19-9-7-8-10-22(19)26)24(32)17-31(36(34,35)29(4)5)21-13-11-20(27)12-14-21/h7-14,18,23H,6,15-17H2,1-5H3,(H,28,33). The molecule has 0 aromatic heterocycles. The minimum absolute atomic E-state index is 0.00534. The van der Waals surface area contributed by atoms with E-state index in [4.69, 9.17) is 11.6 Å². The number of hydrogen-bond donors (Lipinski definition) is 1. The molecule has 0 saturated heterocycles. The van der Waals surface area contributed by atoms with Gasteiger partial charge in [-0.25, -0.2) is 8.70 Å². The number of anilines is 1. The molecule has 11 heteroatoms. The van der Waals surface area contributed by atoms with E-state index in [1.807, 2.05) is 13.8 Å². The van der Waals surface area contributed by atoms with Gasteiger partial charge in [-0.2, -0.15) is 12.7 Å². The van der Waals surface area contributed by atoms with Gasteiger partial charge in [-0.1, -0.05) is 50.6 Å². The van der Waals surface area contributed by atoms with Crippen LogP contribution in [-0.4, -0.2) is 62.7 Å². The quantitative estimate of drug-likeness (QED) is 0.445. The van der Waals surface area contributed by atoms with Crippen LogP contribution in [-0.2, 0) is 26.3 Å². The lowest BCUT2D eigenvalue weighted by Gasteiger charge is -2.34. The van der Waals surface area contributed by atoms with Crippen molar-refractivity contribution in [3.63, 3.8) is 0 Å². The summed E-state index contributed by atoms with van der Waals surface area (Å²) in [5.41, 5.74) is 0.736. The van der Waals surface area contributed by atoms with Gasteiger partial charge in [-0.15, -0.1) is 0 Å². The predicted octanol–water partition coefficient (Wildman–Crippen LogP) is 3.67. The van der Waals surface area contributed by atoms with Gasteiger partial charge >= 0.3 is 10.2 Å². The molecule has 1 N–H and O–H groups in total. The van der Waals surface area contributed by atoms with E-state index in [9.17, 15) is 22.4 Å². The second-order valence-electron chi connectivity index (χ2n) is 8.95. The first-order chi connectivity index (χ1) is 16.9. The normalized spacial score (nSPS) is 12.5. The molecule has 0 aliphatic rings. The van der Waals surface area contributed by atoms with Crippen LogP contribution in [0.4, 0.5) is 10.1 Å². The Morgan fingerprint density at radius 3 is 2.19 bits per heavy atom. The molecule has 1 atom stereocenters. The third kappa shape index (κ3) is 7.65. The molecule has 1 unspecified atom stereocenters. The number of benzene rings is 2. The summed E-state index contributed by atoms with van der Waals surface area (Å²) in [5.74, 6) is -1.27. The van der Waals surface area contributed by atoms with Gasteiger partial charge in [0.1, 0.15) is 18.4 Å². The van der Waals surface area contributed by atoms with Crippen LogP contribution in [0.2, 0.25) is 5.02 Å². The first-order valence-electron chi connectivity index (χ1n) is 11.6. The van der Waals surface area contributed by atoms with Crippen molar-refractivity contribution in [3.8, 4) is 0 Å². The smallest absolute Gasteiger partial charge is 0.304 e. The van der Waals surface area contributed by atoms with Gasteiger partial charge in [0.25, 0.3) is 0 Å². The number of nitrogens with zero attached hydrogens (tertiary/aromatic N) is 3. The molecule has 0 spiro atoms. The SMILES string of the molecule is CCC(C(=O)NCC(C)C)N(Cc1ccccc1Cl)C(=O)CN(c1ccc(F)cc1)S(=O)(=O)N(C)C. The molecular weight excluding hydrogens is 507 g/mol. The number of halogens is 2. The topological polar surface area (TPSA) is 90.0 Å². The summed E-state index contributed by atoms with van der Waals surface area (Å²) in [5, 5.41) is 3.28. The zero-order chi connectivity index (χ0) is 27.0. The highest BCUT2D eigenvalue weighted by atomic mass is 35.5.